The van der Waals surface area contributed by atoms with Gasteiger partial charge in [-0.3, -0.25) is 9.48 Å². The molecule has 0 radical (unpaired) electrons. The average molecular weight is 259 g/mol. The normalized spacial score (nSPS) is 23.7. The van der Waals surface area contributed by atoms with Gasteiger partial charge in [-0.05, 0) is 19.4 Å². The molecule has 2 N–H and O–H groups in total. The smallest absolute Gasteiger partial charge is 0.242 e. The standard InChI is InChI=1S/C11H18N4O.ClH/c1-7-4-9(7)14-11(16)10(12-2)8-5-13-15(3)6-8;/h5-7,9-10,12H,4H2,1-3H3,(H,14,16);1H. The number of carbonyl (C=O) groups is 1. The first kappa shape index (κ1) is 14.0. The fourth-order valence-corrected chi connectivity index (χ4v) is 1.83. The number of hydrogen-bond donors (Lipinski definition) is 2. The number of rotatable bonds is 4. The zero-order valence-electron chi connectivity index (χ0n) is 10.3. The molecule has 5 nitrogen and oxygen atoms in total. The van der Waals surface area contributed by atoms with E-state index in [2.05, 4.69) is 22.7 Å². The number of aryl methyl sites for hydroxylation is 1. The minimum Gasteiger partial charge on any atom is -0.351 e. The van der Waals surface area contributed by atoms with Crippen LogP contribution in [-0.2, 0) is 11.8 Å². The lowest BCUT2D eigenvalue weighted by molar-refractivity contribution is -0.123. The van der Waals surface area contributed by atoms with Crippen LogP contribution in [0.2, 0.25) is 0 Å². The zero-order chi connectivity index (χ0) is 11.7. The minimum absolute atomic E-state index is 0. The molecule has 6 heteroatoms. The summed E-state index contributed by atoms with van der Waals surface area (Å²) in [5.74, 6) is 0.653. The van der Waals surface area contributed by atoms with Crippen molar-refractivity contribution in [2.24, 2.45) is 13.0 Å². The maximum absolute atomic E-state index is 12.0. The highest BCUT2D eigenvalue weighted by Gasteiger charge is 2.35. The molecular weight excluding hydrogens is 240 g/mol. The van der Waals surface area contributed by atoms with Crippen molar-refractivity contribution in [2.45, 2.75) is 25.4 Å². The van der Waals surface area contributed by atoms with E-state index in [4.69, 9.17) is 0 Å². The van der Waals surface area contributed by atoms with E-state index in [9.17, 15) is 4.79 Å². The molecule has 1 fully saturated rings. The van der Waals surface area contributed by atoms with E-state index >= 15 is 0 Å². The molecular formula is C11H19ClN4O. The summed E-state index contributed by atoms with van der Waals surface area (Å²) in [7, 11) is 3.63. The molecule has 1 aliphatic rings. The van der Waals surface area contributed by atoms with Crippen LogP contribution in [0.25, 0.3) is 0 Å². The largest absolute Gasteiger partial charge is 0.351 e. The third-order valence-corrected chi connectivity index (χ3v) is 3.05. The molecule has 1 saturated carbocycles. The summed E-state index contributed by atoms with van der Waals surface area (Å²) in [4.78, 5) is 12.0. The molecule has 1 aromatic rings. The maximum atomic E-state index is 12.0. The third kappa shape index (κ3) is 3.20. The Labute approximate surface area is 107 Å². The third-order valence-electron chi connectivity index (χ3n) is 3.05. The van der Waals surface area contributed by atoms with Gasteiger partial charge in [-0.1, -0.05) is 6.92 Å². The van der Waals surface area contributed by atoms with E-state index in [-0.39, 0.29) is 24.4 Å². The Morgan fingerprint density at radius 3 is 2.71 bits per heavy atom. The van der Waals surface area contributed by atoms with Gasteiger partial charge in [-0.15, -0.1) is 12.4 Å². The lowest BCUT2D eigenvalue weighted by atomic mass is 10.1. The van der Waals surface area contributed by atoms with Crippen molar-refractivity contribution >= 4 is 18.3 Å². The lowest BCUT2D eigenvalue weighted by Gasteiger charge is -2.14. The Bertz CT molecular complexity index is 393. The number of halogens is 1. The van der Waals surface area contributed by atoms with Crippen molar-refractivity contribution in [3.05, 3.63) is 18.0 Å². The molecule has 2 rings (SSSR count). The molecule has 3 atom stereocenters. The Kier molecular flexibility index (Phi) is 4.54. The molecule has 0 aromatic carbocycles. The first-order valence-corrected chi connectivity index (χ1v) is 5.58. The molecule has 0 spiro atoms. The molecule has 1 heterocycles. The van der Waals surface area contributed by atoms with Crippen LogP contribution in [0.15, 0.2) is 12.4 Å². The van der Waals surface area contributed by atoms with E-state index in [1.165, 1.54) is 0 Å². The Balaban J connectivity index is 0.00000144. The van der Waals surface area contributed by atoms with Crippen LogP contribution in [0.3, 0.4) is 0 Å². The van der Waals surface area contributed by atoms with Crippen LogP contribution in [0.4, 0.5) is 0 Å². The molecule has 96 valence electrons. The van der Waals surface area contributed by atoms with Crippen molar-refractivity contribution in [3.8, 4) is 0 Å². The average Bonchev–Trinajstić information content (AvgIpc) is 2.74. The molecule has 0 aliphatic heterocycles. The van der Waals surface area contributed by atoms with Crippen molar-refractivity contribution in [1.29, 1.82) is 0 Å². The van der Waals surface area contributed by atoms with Gasteiger partial charge in [0, 0.05) is 24.8 Å². The number of hydrogen-bond acceptors (Lipinski definition) is 3. The van der Waals surface area contributed by atoms with Crippen LogP contribution in [0.1, 0.15) is 24.9 Å². The van der Waals surface area contributed by atoms with Crippen molar-refractivity contribution < 1.29 is 4.79 Å². The Morgan fingerprint density at radius 1 is 1.65 bits per heavy atom. The fourth-order valence-electron chi connectivity index (χ4n) is 1.83. The number of nitrogens with zero attached hydrogens (tertiary/aromatic N) is 2. The van der Waals surface area contributed by atoms with Gasteiger partial charge in [-0.25, -0.2) is 0 Å². The highest BCUT2D eigenvalue weighted by molar-refractivity contribution is 5.85. The van der Waals surface area contributed by atoms with Crippen LogP contribution >= 0.6 is 12.4 Å². The predicted molar refractivity (Wildman–Crippen MR) is 68.0 cm³/mol. The monoisotopic (exact) mass is 258 g/mol. The van der Waals surface area contributed by atoms with Gasteiger partial charge in [-0.2, -0.15) is 5.10 Å². The molecule has 0 bridgehead atoms. The molecule has 1 aromatic heterocycles. The molecule has 17 heavy (non-hydrogen) atoms. The second-order valence-corrected chi connectivity index (χ2v) is 4.50. The molecule has 1 aliphatic carbocycles. The van der Waals surface area contributed by atoms with E-state index in [1.807, 2.05) is 13.2 Å². The maximum Gasteiger partial charge on any atom is 0.242 e. The molecule has 0 saturated heterocycles. The number of aromatic nitrogens is 2. The summed E-state index contributed by atoms with van der Waals surface area (Å²) in [5, 5.41) is 10.1. The van der Waals surface area contributed by atoms with E-state index in [0.29, 0.717) is 12.0 Å². The second kappa shape index (κ2) is 5.51. The van der Waals surface area contributed by atoms with Crippen molar-refractivity contribution in [3.63, 3.8) is 0 Å². The van der Waals surface area contributed by atoms with Crippen LogP contribution in [0, 0.1) is 5.92 Å². The van der Waals surface area contributed by atoms with Crippen LogP contribution in [-0.4, -0.2) is 28.8 Å². The van der Waals surface area contributed by atoms with Gasteiger partial charge in [0.2, 0.25) is 5.91 Å². The zero-order valence-corrected chi connectivity index (χ0v) is 11.1. The summed E-state index contributed by atoms with van der Waals surface area (Å²) in [5.41, 5.74) is 0.899. The first-order chi connectivity index (χ1) is 7.61. The number of nitrogens with one attached hydrogen (secondary N) is 2. The summed E-state index contributed by atoms with van der Waals surface area (Å²) >= 11 is 0. The summed E-state index contributed by atoms with van der Waals surface area (Å²) in [6.45, 7) is 2.14. The second-order valence-electron chi connectivity index (χ2n) is 4.50. The minimum atomic E-state index is -0.304. The van der Waals surface area contributed by atoms with Gasteiger partial charge >= 0.3 is 0 Å². The van der Waals surface area contributed by atoms with Gasteiger partial charge in [0.25, 0.3) is 0 Å². The first-order valence-electron chi connectivity index (χ1n) is 5.58. The van der Waals surface area contributed by atoms with Crippen molar-refractivity contribution in [2.75, 3.05) is 7.05 Å². The highest BCUT2D eigenvalue weighted by Crippen LogP contribution is 2.29. The van der Waals surface area contributed by atoms with Crippen LogP contribution in [0.5, 0.6) is 0 Å². The van der Waals surface area contributed by atoms with Crippen molar-refractivity contribution in [1.82, 2.24) is 20.4 Å². The SMILES string of the molecule is CNC(C(=O)NC1CC1C)c1cnn(C)c1.Cl. The lowest BCUT2D eigenvalue weighted by Crippen LogP contribution is -2.37. The quantitative estimate of drug-likeness (QED) is 0.833. The Morgan fingerprint density at radius 2 is 2.29 bits per heavy atom. The van der Waals surface area contributed by atoms with E-state index in [1.54, 1.807) is 17.9 Å². The van der Waals surface area contributed by atoms with E-state index < -0.39 is 0 Å². The van der Waals surface area contributed by atoms with Gasteiger partial charge in [0.05, 0.1) is 6.20 Å². The fraction of sp³-hybridized carbons (Fsp3) is 0.636. The molecule has 1 amide bonds. The van der Waals surface area contributed by atoms with Crippen LogP contribution < -0.4 is 10.6 Å². The summed E-state index contributed by atoms with van der Waals surface area (Å²) in [6.07, 6.45) is 4.67. The number of amides is 1. The topological polar surface area (TPSA) is 59.0 Å². The highest BCUT2D eigenvalue weighted by atomic mass is 35.5. The number of carbonyl (C=O) groups excluding carboxylic acids is 1. The predicted octanol–water partition coefficient (Wildman–Crippen LogP) is 0.627. The summed E-state index contributed by atoms with van der Waals surface area (Å²) in [6, 6.07) is 0.0570. The van der Waals surface area contributed by atoms with E-state index in [0.717, 1.165) is 12.0 Å². The summed E-state index contributed by atoms with van der Waals surface area (Å²) < 4.78 is 1.70. The Hall–Kier alpha value is -1.07. The van der Waals surface area contributed by atoms with Gasteiger partial charge in [0.1, 0.15) is 6.04 Å². The van der Waals surface area contributed by atoms with Gasteiger partial charge in [0.15, 0.2) is 0 Å². The van der Waals surface area contributed by atoms with Gasteiger partial charge < -0.3 is 10.6 Å². The number of likely N-dealkylation sites (N-methyl/N-ethyl adjacent to an activating group) is 1. The molecule has 3 unspecified atom stereocenters.